The Labute approximate surface area is 129 Å². The lowest BCUT2D eigenvalue weighted by Crippen LogP contribution is -1.99. The van der Waals surface area contributed by atoms with E-state index in [0.717, 1.165) is 12.1 Å². The van der Waals surface area contributed by atoms with Crippen molar-refractivity contribution >= 4 is 43.5 Å². The van der Waals surface area contributed by atoms with Gasteiger partial charge in [0.25, 0.3) is 0 Å². The van der Waals surface area contributed by atoms with E-state index in [4.69, 9.17) is 11.6 Å². The van der Waals surface area contributed by atoms with Crippen LogP contribution in [0.3, 0.4) is 0 Å². The second-order valence-electron chi connectivity index (χ2n) is 3.82. The maximum absolute atomic E-state index is 13.8. The molecule has 0 saturated carbocycles. The van der Waals surface area contributed by atoms with Crippen molar-refractivity contribution in [3.63, 3.8) is 0 Å². The highest BCUT2D eigenvalue weighted by Gasteiger charge is 2.20. The van der Waals surface area contributed by atoms with Crippen LogP contribution in [0.15, 0.2) is 34.8 Å². The summed E-state index contributed by atoms with van der Waals surface area (Å²) in [5.74, 6) is -2.54. The Bertz CT molecular complexity index is 632. The molecule has 2 rings (SSSR count). The van der Waals surface area contributed by atoms with Crippen LogP contribution < -0.4 is 0 Å². The van der Waals surface area contributed by atoms with Crippen molar-refractivity contribution in [1.82, 2.24) is 0 Å². The summed E-state index contributed by atoms with van der Waals surface area (Å²) < 4.78 is 40.7. The Morgan fingerprint density at radius 3 is 2.16 bits per heavy atom. The van der Waals surface area contributed by atoms with Crippen molar-refractivity contribution in [2.75, 3.05) is 0 Å². The molecule has 0 aromatic heterocycles. The smallest absolute Gasteiger partial charge is 0.160 e. The molecule has 1 atom stereocenters. The minimum atomic E-state index is -1.04. The highest BCUT2D eigenvalue weighted by Crippen LogP contribution is 2.37. The second kappa shape index (κ2) is 5.85. The van der Waals surface area contributed by atoms with Gasteiger partial charge in [-0.1, -0.05) is 49.5 Å². The van der Waals surface area contributed by atoms with Crippen molar-refractivity contribution in [1.29, 1.82) is 0 Å². The largest absolute Gasteiger partial charge is 0.207 e. The molecule has 19 heavy (non-hydrogen) atoms. The zero-order valence-electron chi connectivity index (χ0n) is 9.23. The second-order valence-corrected chi connectivity index (χ2v) is 6.05. The van der Waals surface area contributed by atoms with Crippen LogP contribution in [0.4, 0.5) is 13.2 Å². The molecule has 0 aliphatic heterocycles. The zero-order chi connectivity index (χ0) is 14.2. The third kappa shape index (κ3) is 3.15. The van der Waals surface area contributed by atoms with Gasteiger partial charge >= 0.3 is 0 Å². The van der Waals surface area contributed by atoms with Crippen molar-refractivity contribution in [3.8, 4) is 0 Å². The first-order valence-electron chi connectivity index (χ1n) is 5.13. The van der Waals surface area contributed by atoms with Crippen LogP contribution in [0, 0.1) is 17.5 Å². The highest BCUT2D eigenvalue weighted by molar-refractivity contribution is 9.10. The molecule has 0 aliphatic rings. The summed E-state index contributed by atoms with van der Waals surface area (Å²) in [6.45, 7) is 0. The van der Waals surface area contributed by atoms with Crippen LogP contribution in [-0.2, 0) is 0 Å². The van der Waals surface area contributed by atoms with Crippen LogP contribution in [0.2, 0.25) is 5.02 Å². The SMILES string of the molecule is Fc1cc(Cl)c(C(Br)c2ccc(Br)cc2F)cc1F. The summed E-state index contributed by atoms with van der Waals surface area (Å²) in [6, 6.07) is 6.31. The molecule has 0 radical (unpaired) electrons. The van der Waals surface area contributed by atoms with E-state index >= 15 is 0 Å². The average Bonchev–Trinajstić information content (AvgIpc) is 2.33. The molecule has 0 spiro atoms. The fourth-order valence-corrected chi connectivity index (χ4v) is 3.08. The third-order valence-electron chi connectivity index (χ3n) is 2.55. The first-order valence-corrected chi connectivity index (χ1v) is 7.22. The van der Waals surface area contributed by atoms with E-state index in [2.05, 4.69) is 31.9 Å². The number of hydrogen-bond acceptors (Lipinski definition) is 0. The fourth-order valence-electron chi connectivity index (χ4n) is 1.61. The van der Waals surface area contributed by atoms with Gasteiger partial charge < -0.3 is 0 Å². The van der Waals surface area contributed by atoms with Gasteiger partial charge in [0, 0.05) is 15.1 Å². The van der Waals surface area contributed by atoms with Crippen molar-refractivity contribution in [3.05, 3.63) is 68.4 Å². The van der Waals surface area contributed by atoms with E-state index in [0.29, 0.717) is 4.47 Å². The van der Waals surface area contributed by atoms with E-state index < -0.39 is 22.3 Å². The fraction of sp³-hybridized carbons (Fsp3) is 0.0769. The van der Waals surface area contributed by atoms with E-state index in [1.165, 1.54) is 12.1 Å². The first kappa shape index (κ1) is 14.9. The third-order valence-corrected chi connectivity index (χ3v) is 4.36. The molecule has 0 amide bonds. The number of benzene rings is 2. The van der Waals surface area contributed by atoms with Crippen LogP contribution in [0.5, 0.6) is 0 Å². The van der Waals surface area contributed by atoms with Crippen molar-refractivity contribution in [2.24, 2.45) is 0 Å². The molecule has 100 valence electrons. The standard InChI is InChI=1S/C13H6Br2ClF3/c14-6-1-2-7(10(17)3-6)13(15)8-4-11(18)12(19)5-9(8)16/h1-5,13H. The molecule has 0 heterocycles. The Kier molecular flexibility index (Phi) is 4.58. The molecule has 6 heteroatoms. The summed E-state index contributed by atoms with van der Waals surface area (Å²) in [5.41, 5.74) is 0.554. The molecule has 2 aromatic rings. The lowest BCUT2D eigenvalue weighted by molar-refractivity contribution is 0.507. The summed E-state index contributed by atoms with van der Waals surface area (Å²) in [4.78, 5) is -0.664. The van der Waals surface area contributed by atoms with Gasteiger partial charge in [-0.2, -0.15) is 0 Å². The predicted molar refractivity (Wildman–Crippen MR) is 76.2 cm³/mol. The Hall–Kier alpha value is -0.520. The van der Waals surface area contributed by atoms with E-state index in [-0.39, 0.29) is 16.1 Å². The van der Waals surface area contributed by atoms with Crippen LogP contribution in [-0.4, -0.2) is 0 Å². The summed E-state index contributed by atoms with van der Waals surface area (Å²) >= 11 is 12.3. The molecule has 1 unspecified atom stereocenters. The van der Waals surface area contributed by atoms with Crippen molar-refractivity contribution < 1.29 is 13.2 Å². The summed E-state index contributed by atoms with van der Waals surface area (Å²) in [5, 5.41) is 0.0306. The van der Waals surface area contributed by atoms with Crippen molar-refractivity contribution in [2.45, 2.75) is 4.83 Å². The molecule has 0 bridgehead atoms. The number of hydrogen-bond donors (Lipinski definition) is 0. The zero-order valence-corrected chi connectivity index (χ0v) is 13.2. The van der Waals surface area contributed by atoms with Gasteiger partial charge in [0.05, 0.1) is 4.83 Å². The quantitative estimate of drug-likeness (QED) is 0.417. The normalized spacial score (nSPS) is 12.5. The van der Waals surface area contributed by atoms with E-state index in [1.807, 2.05) is 0 Å². The molecular formula is C13H6Br2ClF3. The Morgan fingerprint density at radius 2 is 1.53 bits per heavy atom. The topological polar surface area (TPSA) is 0 Å². The van der Waals surface area contributed by atoms with Gasteiger partial charge in [0.15, 0.2) is 11.6 Å². The van der Waals surface area contributed by atoms with Gasteiger partial charge in [-0.05, 0) is 29.8 Å². The molecule has 0 fully saturated rings. The maximum atomic E-state index is 13.8. The Morgan fingerprint density at radius 1 is 0.895 bits per heavy atom. The summed E-state index contributed by atoms with van der Waals surface area (Å²) in [7, 11) is 0. The molecular weight excluding hydrogens is 408 g/mol. The molecule has 0 nitrogen and oxygen atoms in total. The minimum Gasteiger partial charge on any atom is -0.207 e. The van der Waals surface area contributed by atoms with Gasteiger partial charge in [0.2, 0.25) is 0 Å². The Balaban J connectivity index is 2.49. The van der Waals surface area contributed by atoms with E-state index in [9.17, 15) is 13.2 Å². The highest BCUT2D eigenvalue weighted by atomic mass is 79.9. The number of rotatable bonds is 2. The molecule has 0 aliphatic carbocycles. The minimum absolute atomic E-state index is 0.0306. The van der Waals surface area contributed by atoms with Gasteiger partial charge in [0.1, 0.15) is 5.82 Å². The lowest BCUT2D eigenvalue weighted by atomic mass is 10.0. The molecule has 0 saturated heterocycles. The van der Waals surface area contributed by atoms with Crippen LogP contribution in [0.25, 0.3) is 0 Å². The number of alkyl halides is 1. The maximum Gasteiger partial charge on any atom is 0.160 e. The lowest BCUT2D eigenvalue weighted by Gasteiger charge is -2.14. The van der Waals surface area contributed by atoms with Crippen LogP contribution in [0.1, 0.15) is 16.0 Å². The monoisotopic (exact) mass is 412 g/mol. The van der Waals surface area contributed by atoms with Gasteiger partial charge in [-0.15, -0.1) is 0 Å². The van der Waals surface area contributed by atoms with Gasteiger partial charge in [-0.3, -0.25) is 0 Å². The first-order chi connectivity index (χ1) is 8.90. The molecule has 2 aromatic carbocycles. The molecule has 0 N–H and O–H groups in total. The van der Waals surface area contributed by atoms with Gasteiger partial charge in [-0.25, -0.2) is 13.2 Å². The van der Waals surface area contributed by atoms with E-state index in [1.54, 1.807) is 6.07 Å². The average molecular weight is 414 g/mol. The predicted octanol–water partition coefficient (Wildman–Crippen LogP) is 6.00. The van der Waals surface area contributed by atoms with Crippen LogP contribution >= 0.6 is 43.5 Å². The number of halogens is 6. The summed E-state index contributed by atoms with van der Waals surface area (Å²) in [6.07, 6.45) is 0.